The number of benzene rings is 1. The second-order valence-electron chi connectivity index (χ2n) is 5.97. The lowest BCUT2D eigenvalue weighted by Crippen LogP contribution is -2.42. The molecular weight excluding hydrogens is 262 g/mol. The van der Waals surface area contributed by atoms with Gasteiger partial charge < -0.3 is 4.74 Å². The van der Waals surface area contributed by atoms with E-state index in [4.69, 9.17) is 4.74 Å². The highest BCUT2D eigenvalue weighted by Crippen LogP contribution is 2.37. The monoisotopic (exact) mass is 285 g/mol. The first kappa shape index (κ1) is 14.3. The van der Waals surface area contributed by atoms with Gasteiger partial charge in [0.15, 0.2) is 0 Å². The maximum Gasteiger partial charge on any atom is 0.323 e. The zero-order valence-electron chi connectivity index (χ0n) is 12.4. The Morgan fingerprint density at radius 3 is 2.62 bits per heavy atom. The molecule has 1 atom stereocenters. The van der Waals surface area contributed by atoms with Gasteiger partial charge in [-0.2, -0.15) is 0 Å². The van der Waals surface area contributed by atoms with E-state index < -0.39 is 0 Å². The molecule has 0 amide bonds. The van der Waals surface area contributed by atoms with E-state index in [9.17, 15) is 4.79 Å². The summed E-state index contributed by atoms with van der Waals surface area (Å²) in [5.41, 5.74) is 1.13. The SMILES string of the molecule is O=C(OCC=Cc1ccccc1)C(C1CC1)N1CCCC1. The lowest BCUT2D eigenvalue weighted by Gasteiger charge is -2.25. The molecule has 0 aromatic heterocycles. The Morgan fingerprint density at radius 2 is 1.95 bits per heavy atom. The summed E-state index contributed by atoms with van der Waals surface area (Å²) in [6.45, 7) is 2.47. The van der Waals surface area contributed by atoms with Crippen molar-refractivity contribution in [1.82, 2.24) is 4.90 Å². The van der Waals surface area contributed by atoms with Crippen LogP contribution in [0, 0.1) is 5.92 Å². The summed E-state index contributed by atoms with van der Waals surface area (Å²) in [6.07, 6.45) is 8.69. The Hall–Kier alpha value is -1.61. The summed E-state index contributed by atoms with van der Waals surface area (Å²) >= 11 is 0. The van der Waals surface area contributed by atoms with Gasteiger partial charge in [0.25, 0.3) is 0 Å². The Morgan fingerprint density at radius 1 is 1.24 bits per heavy atom. The number of ether oxygens (including phenoxy) is 1. The molecule has 1 aliphatic carbocycles. The fourth-order valence-electron chi connectivity index (χ4n) is 3.04. The Balaban J connectivity index is 1.49. The third-order valence-electron chi connectivity index (χ3n) is 4.28. The molecule has 112 valence electrons. The molecule has 3 rings (SSSR count). The van der Waals surface area contributed by atoms with Crippen molar-refractivity contribution in [2.75, 3.05) is 19.7 Å². The molecule has 2 fully saturated rings. The fraction of sp³-hybridized carbons (Fsp3) is 0.500. The largest absolute Gasteiger partial charge is 0.460 e. The van der Waals surface area contributed by atoms with E-state index in [2.05, 4.69) is 4.90 Å². The van der Waals surface area contributed by atoms with Crippen LogP contribution in [-0.4, -0.2) is 36.6 Å². The van der Waals surface area contributed by atoms with E-state index in [1.165, 1.54) is 25.7 Å². The van der Waals surface area contributed by atoms with Gasteiger partial charge in [0, 0.05) is 0 Å². The lowest BCUT2D eigenvalue weighted by atomic mass is 10.1. The number of carbonyl (C=O) groups is 1. The third-order valence-corrected chi connectivity index (χ3v) is 4.28. The summed E-state index contributed by atoms with van der Waals surface area (Å²) in [4.78, 5) is 14.6. The summed E-state index contributed by atoms with van der Waals surface area (Å²) in [5, 5.41) is 0. The van der Waals surface area contributed by atoms with Gasteiger partial charge in [-0.3, -0.25) is 9.69 Å². The first-order valence-corrected chi connectivity index (χ1v) is 7.97. The smallest absolute Gasteiger partial charge is 0.323 e. The molecule has 0 N–H and O–H groups in total. The van der Waals surface area contributed by atoms with Gasteiger partial charge in [0.05, 0.1) is 0 Å². The molecule has 3 nitrogen and oxygen atoms in total. The van der Waals surface area contributed by atoms with Gasteiger partial charge in [0.2, 0.25) is 0 Å². The van der Waals surface area contributed by atoms with Crippen LogP contribution in [0.5, 0.6) is 0 Å². The molecule has 2 aliphatic rings. The molecule has 21 heavy (non-hydrogen) atoms. The van der Waals surface area contributed by atoms with E-state index in [0.29, 0.717) is 12.5 Å². The van der Waals surface area contributed by atoms with E-state index in [1.807, 2.05) is 42.5 Å². The second-order valence-corrected chi connectivity index (χ2v) is 5.97. The van der Waals surface area contributed by atoms with Gasteiger partial charge >= 0.3 is 5.97 Å². The number of esters is 1. The maximum atomic E-state index is 12.3. The van der Waals surface area contributed by atoms with Gasteiger partial charge in [-0.05, 0) is 56.3 Å². The molecule has 1 unspecified atom stereocenters. The van der Waals surface area contributed by atoms with Crippen LogP contribution in [0.25, 0.3) is 6.08 Å². The number of hydrogen-bond donors (Lipinski definition) is 0. The number of rotatable bonds is 6. The summed E-state index contributed by atoms with van der Waals surface area (Å²) < 4.78 is 5.47. The van der Waals surface area contributed by atoms with Crippen LogP contribution < -0.4 is 0 Å². The van der Waals surface area contributed by atoms with E-state index >= 15 is 0 Å². The zero-order valence-corrected chi connectivity index (χ0v) is 12.4. The van der Waals surface area contributed by atoms with Crippen molar-refractivity contribution in [2.24, 2.45) is 5.92 Å². The molecule has 0 radical (unpaired) electrons. The zero-order chi connectivity index (χ0) is 14.5. The molecule has 3 heteroatoms. The standard InChI is InChI=1S/C18H23NO2/c20-18(17(16-10-11-16)19-12-4-5-13-19)21-14-6-9-15-7-2-1-3-8-15/h1-3,6-9,16-17H,4-5,10-14H2. The van der Waals surface area contributed by atoms with Crippen molar-refractivity contribution >= 4 is 12.0 Å². The van der Waals surface area contributed by atoms with E-state index in [0.717, 1.165) is 18.7 Å². The first-order chi connectivity index (χ1) is 10.3. The normalized spacial score (nSPS) is 20.8. The third kappa shape index (κ3) is 3.94. The number of hydrogen-bond acceptors (Lipinski definition) is 3. The van der Waals surface area contributed by atoms with Crippen LogP contribution in [0.1, 0.15) is 31.2 Å². The van der Waals surface area contributed by atoms with Gasteiger partial charge in [-0.25, -0.2) is 0 Å². The van der Waals surface area contributed by atoms with Gasteiger partial charge in [-0.1, -0.05) is 36.4 Å². The van der Waals surface area contributed by atoms with Crippen molar-refractivity contribution in [2.45, 2.75) is 31.7 Å². The van der Waals surface area contributed by atoms with Crippen molar-refractivity contribution in [3.8, 4) is 0 Å². The minimum atomic E-state index is -0.0305. The summed E-state index contributed by atoms with van der Waals surface area (Å²) in [7, 11) is 0. The summed E-state index contributed by atoms with van der Waals surface area (Å²) in [5.74, 6) is 0.505. The number of likely N-dealkylation sites (tertiary alicyclic amines) is 1. The molecule has 1 aromatic carbocycles. The topological polar surface area (TPSA) is 29.5 Å². The minimum absolute atomic E-state index is 0.0117. The number of carbonyl (C=O) groups excluding carboxylic acids is 1. The average molecular weight is 285 g/mol. The minimum Gasteiger partial charge on any atom is -0.460 e. The molecule has 1 aliphatic heterocycles. The Kier molecular flexibility index (Phi) is 4.71. The van der Waals surface area contributed by atoms with Crippen LogP contribution in [-0.2, 0) is 9.53 Å². The van der Waals surface area contributed by atoms with Gasteiger partial charge in [0.1, 0.15) is 12.6 Å². The predicted molar refractivity (Wildman–Crippen MR) is 83.8 cm³/mol. The Bertz CT molecular complexity index is 487. The second kappa shape index (κ2) is 6.90. The molecule has 0 spiro atoms. The van der Waals surface area contributed by atoms with Crippen molar-refractivity contribution < 1.29 is 9.53 Å². The van der Waals surface area contributed by atoms with Crippen molar-refractivity contribution in [3.63, 3.8) is 0 Å². The molecule has 1 saturated heterocycles. The molecule has 1 aromatic rings. The lowest BCUT2D eigenvalue weighted by molar-refractivity contribution is -0.149. The maximum absolute atomic E-state index is 12.3. The molecular formula is C18H23NO2. The Labute approximate surface area is 126 Å². The van der Waals surface area contributed by atoms with Crippen LogP contribution in [0.15, 0.2) is 36.4 Å². The molecule has 1 saturated carbocycles. The highest BCUT2D eigenvalue weighted by atomic mass is 16.5. The van der Waals surface area contributed by atoms with Crippen molar-refractivity contribution in [3.05, 3.63) is 42.0 Å². The first-order valence-electron chi connectivity index (χ1n) is 7.97. The van der Waals surface area contributed by atoms with Crippen LogP contribution >= 0.6 is 0 Å². The highest BCUT2D eigenvalue weighted by Gasteiger charge is 2.41. The van der Waals surface area contributed by atoms with E-state index in [1.54, 1.807) is 0 Å². The molecule has 1 heterocycles. The quantitative estimate of drug-likeness (QED) is 0.752. The van der Waals surface area contributed by atoms with E-state index in [-0.39, 0.29) is 12.0 Å². The van der Waals surface area contributed by atoms with Crippen LogP contribution in [0.3, 0.4) is 0 Å². The average Bonchev–Trinajstić information content (AvgIpc) is 3.19. The fourth-order valence-corrected chi connectivity index (χ4v) is 3.04. The van der Waals surface area contributed by atoms with Crippen LogP contribution in [0.2, 0.25) is 0 Å². The summed E-state index contributed by atoms with van der Waals surface area (Å²) in [6, 6.07) is 10.1. The predicted octanol–water partition coefficient (Wildman–Crippen LogP) is 3.12. The highest BCUT2D eigenvalue weighted by molar-refractivity contribution is 5.77. The van der Waals surface area contributed by atoms with Crippen molar-refractivity contribution in [1.29, 1.82) is 0 Å². The number of nitrogens with zero attached hydrogens (tertiary/aromatic N) is 1. The molecule has 0 bridgehead atoms. The van der Waals surface area contributed by atoms with Crippen LogP contribution in [0.4, 0.5) is 0 Å². The van der Waals surface area contributed by atoms with Gasteiger partial charge in [-0.15, -0.1) is 0 Å².